The standard InChI is InChI=1S/C21H36GeO3Si/c1-10-23-26(24-11-2,25-12-3)18-16-14-13-15-17-22(19(4)5,20(6)7)21(8)9/h19-21H,10-12H2,1-9H3. The van der Waals surface area contributed by atoms with Gasteiger partial charge in [0.1, 0.15) is 0 Å². The Labute approximate surface area is 165 Å². The van der Waals surface area contributed by atoms with E-state index >= 15 is 0 Å². The third-order valence-corrected chi connectivity index (χ3v) is 20.2. The molecule has 0 unspecified atom stereocenters. The molecule has 0 aliphatic rings. The van der Waals surface area contributed by atoms with Gasteiger partial charge < -0.3 is 0 Å². The minimum absolute atomic E-state index is 0.501. The van der Waals surface area contributed by atoms with Gasteiger partial charge in [-0.2, -0.15) is 0 Å². The Bertz CT molecular complexity index is 555. The molecule has 0 atom stereocenters. The molecule has 0 aliphatic carbocycles. The molecule has 0 bridgehead atoms. The number of hydrogen-bond donors (Lipinski definition) is 0. The van der Waals surface area contributed by atoms with Crippen LogP contribution in [0.15, 0.2) is 0 Å². The van der Waals surface area contributed by atoms with Crippen LogP contribution in [0.3, 0.4) is 0 Å². The summed E-state index contributed by atoms with van der Waals surface area (Å²) in [5, 5.41) is 0. The average molecular weight is 437 g/mol. The zero-order valence-electron chi connectivity index (χ0n) is 18.1. The molecule has 0 fully saturated rings. The van der Waals surface area contributed by atoms with Crippen LogP contribution >= 0.6 is 0 Å². The van der Waals surface area contributed by atoms with E-state index in [-0.39, 0.29) is 0 Å². The predicted octanol–water partition coefficient (Wildman–Crippen LogP) is 4.80. The summed E-state index contributed by atoms with van der Waals surface area (Å²) in [7, 11) is -2.95. The number of rotatable bonds is 9. The molecule has 146 valence electrons. The summed E-state index contributed by atoms with van der Waals surface area (Å²) in [6.45, 7) is 21.1. The van der Waals surface area contributed by atoms with Gasteiger partial charge in [0.2, 0.25) is 0 Å². The molecule has 0 aromatic rings. The fraction of sp³-hybridized carbons (Fsp3) is 0.714. The fourth-order valence-corrected chi connectivity index (χ4v) is 16.2. The first-order chi connectivity index (χ1) is 12.2. The molecule has 0 saturated carbocycles. The summed E-state index contributed by atoms with van der Waals surface area (Å²) in [4.78, 5) is 0. The van der Waals surface area contributed by atoms with E-state index < -0.39 is 22.1 Å². The molecule has 0 aromatic carbocycles. The van der Waals surface area contributed by atoms with Gasteiger partial charge in [-0.3, -0.25) is 0 Å². The second-order valence-corrected chi connectivity index (χ2v) is 20.9. The van der Waals surface area contributed by atoms with E-state index in [9.17, 15) is 0 Å². The Balaban J connectivity index is 5.55. The summed E-state index contributed by atoms with van der Waals surface area (Å²) in [5.41, 5.74) is 3.00. The van der Waals surface area contributed by atoms with Crippen LogP contribution in [0.25, 0.3) is 0 Å². The fourth-order valence-electron chi connectivity index (χ4n) is 3.55. The van der Waals surface area contributed by atoms with E-state index in [4.69, 9.17) is 13.3 Å². The van der Waals surface area contributed by atoms with E-state index in [0.717, 1.165) is 0 Å². The van der Waals surface area contributed by atoms with E-state index in [1.807, 2.05) is 20.8 Å². The zero-order chi connectivity index (χ0) is 20.2. The molecule has 0 aromatic heterocycles. The van der Waals surface area contributed by atoms with Gasteiger partial charge in [-0.25, -0.2) is 0 Å². The molecule has 5 heteroatoms. The summed E-state index contributed by atoms with van der Waals surface area (Å²) in [5.74, 6) is 11.7. The van der Waals surface area contributed by atoms with Gasteiger partial charge >= 0.3 is 166 Å². The van der Waals surface area contributed by atoms with Gasteiger partial charge in [0.15, 0.2) is 0 Å². The molecule has 0 spiro atoms. The van der Waals surface area contributed by atoms with Crippen molar-refractivity contribution in [3.05, 3.63) is 0 Å². The summed E-state index contributed by atoms with van der Waals surface area (Å²) >= 11 is -2.33. The molecule has 0 heterocycles. The molecule has 0 radical (unpaired) electrons. The van der Waals surface area contributed by atoms with Crippen LogP contribution < -0.4 is 0 Å². The summed E-state index contributed by atoms with van der Waals surface area (Å²) in [6, 6.07) is 0. The van der Waals surface area contributed by atoms with E-state index in [1.165, 1.54) is 0 Å². The second-order valence-electron chi connectivity index (χ2n) is 7.00. The molecule has 0 N–H and O–H groups in total. The Morgan fingerprint density at radius 2 is 1.04 bits per heavy atom. The van der Waals surface area contributed by atoms with Crippen LogP contribution in [-0.4, -0.2) is 41.9 Å². The van der Waals surface area contributed by atoms with Gasteiger partial charge in [0, 0.05) is 0 Å². The quantitative estimate of drug-likeness (QED) is 0.383. The first-order valence-corrected chi connectivity index (χ1v) is 16.1. The summed E-state index contributed by atoms with van der Waals surface area (Å²) < 4.78 is 22.6. The minimum atomic E-state index is -2.95. The van der Waals surface area contributed by atoms with Crippen molar-refractivity contribution < 1.29 is 13.3 Å². The van der Waals surface area contributed by atoms with Gasteiger partial charge in [-0.05, 0) is 0 Å². The topological polar surface area (TPSA) is 27.7 Å². The van der Waals surface area contributed by atoms with Crippen LogP contribution in [0.5, 0.6) is 0 Å². The van der Waals surface area contributed by atoms with E-state index in [1.54, 1.807) is 0 Å². The monoisotopic (exact) mass is 438 g/mol. The molecule has 26 heavy (non-hydrogen) atoms. The second kappa shape index (κ2) is 12.7. The average Bonchev–Trinajstić information content (AvgIpc) is 2.53. The van der Waals surface area contributed by atoms with Crippen LogP contribution in [0.4, 0.5) is 0 Å². The Kier molecular flexibility index (Phi) is 12.3. The first-order valence-electron chi connectivity index (χ1n) is 9.68. The van der Waals surface area contributed by atoms with Crippen LogP contribution in [-0.2, 0) is 13.3 Å². The molecular weight excluding hydrogens is 401 g/mol. The SMILES string of the molecule is CCO[Si](C#CC#CC#[C][Ge]([CH](C)C)([CH](C)C)[CH](C)C)(OCC)OCC. The molecule has 0 amide bonds. The van der Waals surface area contributed by atoms with Crippen molar-refractivity contribution in [2.45, 2.75) is 76.6 Å². The van der Waals surface area contributed by atoms with Gasteiger partial charge in [-0.15, -0.1) is 0 Å². The van der Waals surface area contributed by atoms with Crippen molar-refractivity contribution >= 4 is 22.1 Å². The normalized spacial score (nSPS) is 11.5. The van der Waals surface area contributed by atoms with Gasteiger partial charge in [0.05, 0.1) is 0 Å². The Hall–Kier alpha value is -0.680. The van der Waals surface area contributed by atoms with Crippen LogP contribution in [0.2, 0.25) is 14.3 Å². The molecule has 0 aliphatic heterocycles. The third kappa shape index (κ3) is 7.15. The van der Waals surface area contributed by atoms with Crippen molar-refractivity contribution in [1.29, 1.82) is 0 Å². The maximum atomic E-state index is 5.69. The molecule has 0 rings (SSSR count). The first kappa shape index (κ1) is 25.3. The van der Waals surface area contributed by atoms with Crippen molar-refractivity contribution in [1.82, 2.24) is 0 Å². The number of hydrogen-bond acceptors (Lipinski definition) is 3. The van der Waals surface area contributed by atoms with Gasteiger partial charge in [0.25, 0.3) is 0 Å². The van der Waals surface area contributed by atoms with Gasteiger partial charge in [-0.1, -0.05) is 0 Å². The van der Waals surface area contributed by atoms with Crippen molar-refractivity contribution in [2.75, 3.05) is 19.8 Å². The maximum absolute atomic E-state index is 5.69. The zero-order valence-corrected chi connectivity index (χ0v) is 21.2. The van der Waals surface area contributed by atoms with Crippen molar-refractivity contribution in [3.63, 3.8) is 0 Å². The Morgan fingerprint density at radius 3 is 1.38 bits per heavy atom. The van der Waals surface area contributed by atoms with Crippen LogP contribution in [0.1, 0.15) is 62.3 Å². The molecular formula is C21H36GeO3Si. The van der Waals surface area contributed by atoms with E-state index in [2.05, 4.69) is 75.5 Å². The third-order valence-electron chi connectivity index (χ3n) is 4.55. The molecule has 3 nitrogen and oxygen atoms in total. The van der Waals surface area contributed by atoms with Crippen molar-refractivity contribution in [2.24, 2.45) is 0 Å². The predicted molar refractivity (Wildman–Crippen MR) is 115 cm³/mol. The van der Waals surface area contributed by atoms with Crippen LogP contribution in [0, 0.1) is 34.0 Å². The molecule has 0 saturated heterocycles. The summed E-state index contributed by atoms with van der Waals surface area (Å²) in [6.07, 6.45) is 0. The Morgan fingerprint density at radius 1 is 0.654 bits per heavy atom. The van der Waals surface area contributed by atoms with E-state index in [0.29, 0.717) is 34.1 Å². The van der Waals surface area contributed by atoms with Crippen molar-refractivity contribution in [3.8, 4) is 34.0 Å².